The molecule has 0 fully saturated rings. The van der Waals surface area contributed by atoms with Crippen molar-refractivity contribution < 1.29 is 4.42 Å². The van der Waals surface area contributed by atoms with Crippen molar-refractivity contribution in [3.05, 3.63) is 52.7 Å². The summed E-state index contributed by atoms with van der Waals surface area (Å²) in [4.78, 5) is 4.36. The summed E-state index contributed by atoms with van der Waals surface area (Å²) in [6, 6.07) is 8.86. The molecule has 1 N–H and O–H groups in total. The number of aryl methyl sites for hydroxylation is 3. The normalized spacial score (nSPS) is 12.7. The van der Waals surface area contributed by atoms with Gasteiger partial charge in [0, 0.05) is 6.04 Å². The molecule has 1 heterocycles. The topological polar surface area (TPSA) is 38.1 Å². The average Bonchev–Trinajstić information content (AvgIpc) is 2.67. The summed E-state index contributed by atoms with van der Waals surface area (Å²) >= 11 is 0. The van der Waals surface area contributed by atoms with Gasteiger partial charge < -0.3 is 9.73 Å². The second-order valence-corrected chi connectivity index (χ2v) is 4.76. The highest BCUT2D eigenvalue weighted by molar-refractivity contribution is 5.23. The number of hydrogen-bond donors (Lipinski definition) is 1. The third-order valence-corrected chi connectivity index (χ3v) is 3.21. The predicted octanol–water partition coefficient (Wildman–Crippen LogP) is 3.45. The molecule has 2 rings (SSSR count). The maximum atomic E-state index is 5.55. The standard InChI is InChI=1S/C15H20N2O/c1-10-5-7-14(8-6-10)12(3)16-9-15-17-11(2)13(4)18-15/h5-8,12,16H,9H2,1-4H3/t12-/m1/s1. The maximum Gasteiger partial charge on any atom is 0.208 e. The summed E-state index contributed by atoms with van der Waals surface area (Å²) in [6.45, 7) is 8.80. The molecule has 18 heavy (non-hydrogen) atoms. The molecule has 0 aliphatic carbocycles. The van der Waals surface area contributed by atoms with E-state index >= 15 is 0 Å². The molecule has 3 nitrogen and oxygen atoms in total. The molecule has 0 radical (unpaired) electrons. The average molecular weight is 244 g/mol. The second kappa shape index (κ2) is 5.36. The minimum absolute atomic E-state index is 0.290. The first kappa shape index (κ1) is 12.8. The molecule has 1 atom stereocenters. The number of nitrogens with zero attached hydrogens (tertiary/aromatic N) is 1. The largest absolute Gasteiger partial charge is 0.444 e. The highest BCUT2D eigenvalue weighted by Gasteiger charge is 2.08. The van der Waals surface area contributed by atoms with Crippen molar-refractivity contribution >= 4 is 0 Å². The van der Waals surface area contributed by atoms with Crippen LogP contribution in [0, 0.1) is 20.8 Å². The lowest BCUT2D eigenvalue weighted by atomic mass is 10.1. The van der Waals surface area contributed by atoms with E-state index in [4.69, 9.17) is 4.42 Å². The second-order valence-electron chi connectivity index (χ2n) is 4.76. The van der Waals surface area contributed by atoms with Crippen LogP contribution in [-0.4, -0.2) is 4.98 Å². The minimum Gasteiger partial charge on any atom is -0.444 e. The van der Waals surface area contributed by atoms with Crippen molar-refractivity contribution in [2.24, 2.45) is 0 Å². The van der Waals surface area contributed by atoms with Crippen LogP contribution in [0.4, 0.5) is 0 Å². The molecule has 96 valence electrons. The van der Waals surface area contributed by atoms with Crippen LogP contribution in [0.2, 0.25) is 0 Å². The monoisotopic (exact) mass is 244 g/mol. The molecule has 0 saturated carbocycles. The van der Waals surface area contributed by atoms with Gasteiger partial charge in [0.1, 0.15) is 5.76 Å². The summed E-state index contributed by atoms with van der Waals surface area (Å²) in [5, 5.41) is 3.42. The van der Waals surface area contributed by atoms with Crippen LogP contribution in [0.15, 0.2) is 28.7 Å². The van der Waals surface area contributed by atoms with Crippen LogP contribution < -0.4 is 5.32 Å². The van der Waals surface area contributed by atoms with Gasteiger partial charge in [-0.1, -0.05) is 29.8 Å². The van der Waals surface area contributed by atoms with Crippen LogP contribution in [0.25, 0.3) is 0 Å². The Hall–Kier alpha value is -1.61. The first-order valence-electron chi connectivity index (χ1n) is 6.29. The van der Waals surface area contributed by atoms with E-state index in [0.717, 1.165) is 17.3 Å². The number of oxazole rings is 1. The van der Waals surface area contributed by atoms with Crippen molar-refractivity contribution in [1.29, 1.82) is 0 Å². The molecule has 3 heteroatoms. The lowest BCUT2D eigenvalue weighted by Gasteiger charge is -2.13. The van der Waals surface area contributed by atoms with Crippen molar-refractivity contribution in [2.45, 2.75) is 40.3 Å². The molecule has 0 bridgehead atoms. The van der Waals surface area contributed by atoms with Crippen LogP contribution in [0.5, 0.6) is 0 Å². The van der Waals surface area contributed by atoms with Gasteiger partial charge in [-0.2, -0.15) is 0 Å². The van der Waals surface area contributed by atoms with E-state index in [-0.39, 0.29) is 6.04 Å². The summed E-state index contributed by atoms with van der Waals surface area (Å²) in [5.74, 6) is 1.65. The molecule has 0 saturated heterocycles. The van der Waals surface area contributed by atoms with Crippen LogP contribution in [0.3, 0.4) is 0 Å². The van der Waals surface area contributed by atoms with Gasteiger partial charge >= 0.3 is 0 Å². The predicted molar refractivity (Wildman–Crippen MR) is 72.4 cm³/mol. The number of nitrogens with one attached hydrogen (secondary N) is 1. The van der Waals surface area contributed by atoms with Gasteiger partial charge in [-0.05, 0) is 33.3 Å². The van der Waals surface area contributed by atoms with Gasteiger partial charge in [-0.25, -0.2) is 4.98 Å². The Balaban J connectivity index is 1.95. The third kappa shape index (κ3) is 2.99. The Morgan fingerprint density at radius 1 is 1.17 bits per heavy atom. The number of benzene rings is 1. The van der Waals surface area contributed by atoms with Gasteiger partial charge in [-0.15, -0.1) is 0 Å². The Morgan fingerprint density at radius 3 is 2.39 bits per heavy atom. The molecule has 0 spiro atoms. The quantitative estimate of drug-likeness (QED) is 0.895. The number of hydrogen-bond acceptors (Lipinski definition) is 3. The van der Waals surface area contributed by atoms with E-state index in [9.17, 15) is 0 Å². The first-order chi connectivity index (χ1) is 8.56. The van der Waals surface area contributed by atoms with Gasteiger partial charge in [0.2, 0.25) is 5.89 Å². The smallest absolute Gasteiger partial charge is 0.208 e. The maximum absolute atomic E-state index is 5.55. The van der Waals surface area contributed by atoms with Gasteiger partial charge in [-0.3, -0.25) is 0 Å². The lowest BCUT2D eigenvalue weighted by molar-refractivity contribution is 0.432. The SMILES string of the molecule is Cc1ccc([C@@H](C)NCc2nc(C)c(C)o2)cc1. The fraction of sp³-hybridized carbons (Fsp3) is 0.400. The Bertz CT molecular complexity index is 494. The van der Waals surface area contributed by atoms with E-state index in [1.807, 2.05) is 13.8 Å². The van der Waals surface area contributed by atoms with Crippen molar-refractivity contribution in [2.75, 3.05) is 0 Å². The van der Waals surface area contributed by atoms with Crippen LogP contribution in [0.1, 0.15) is 41.4 Å². The Morgan fingerprint density at radius 2 is 1.83 bits per heavy atom. The van der Waals surface area contributed by atoms with E-state index < -0.39 is 0 Å². The van der Waals surface area contributed by atoms with Gasteiger partial charge in [0.05, 0.1) is 12.2 Å². The third-order valence-electron chi connectivity index (χ3n) is 3.21. The highest BCUT2D eigenvalue weighted by Crippen LogP contribution is 2.14. The number of rotatable bonds is 4. The molecule has 1 aromatic carbocycles. The zero-order chi connectivity index (χ0) is 13.1. The first-order valence-corrected chi connectivity index (χ1v) is 6.29. The van der Waals surface area contributed by atoms with Crippen molar-refractivity contribution in [3.63, 3.8) is 0 Å². The molecule has 0 amide bonds. The van der Waals surface area contributed by atoms with E-state index in [2.05, 4.69) is 48.4 Å². The fourth-order valence-electron chi connectivity index (χ4n) is 1.83. The molecule has 0 unspecified atom stereocenters. The van der Waals surface area contributed by atoms with Crippen molar-refractivity contribution in [3.8, 4) is 0 Å². The zero-order valence-electron chi connectivity index (χ0n) is 11.4. The highest BCUT2D eigenvalue weighted by atomic mass is 16.4. The summed E-state index contributed by atoms with van der Waals surface area (Å²) in [5.41, 5.74) is 3.53. The Kier molecular flexibility index (Phi) is 3.82. The minimum atomic E-state index is 0.290. The summed E-state index contributed by atoms with van der Waals surface area (Å²) < 4.78 is 5.55. The summed E-state index contributed by atoms with van der Waals surface area (Å²) in [7, 11) is 0. The number of aromatic nitrogens is 1. The van der Waals surface area contributed by atoms with Crippen LogP contribution in [-0.2, 0) is 6.54 Å². The van der Waals surface area contributed by atoms with Gasteiger partial charge in [0.25, 0.3) is 0 Å². The molecular formula is C15H20N2O. The summed E-state index contributed by atoms with van der Waals surface area (Å²) in [6.07, 6.45) is 0. The van der Waals surface area contributed by atoms with E-state index in [0.29, 0.717) is 6.54 Å². The molecule has 1 aromatic heterocycles. The molecule has 0 aliphatic rings. The Labute approximate surface area is 108 Å². The van der Waals surface area contributed by atoms with Gasteiger partial charge in [0.15, 0.2) is 0 Å². The van der Waals surface area contributed by atoms with Crippen LogP contribution >= 0.6 is 0 Å². The van der Waals surface area contributed by atoms with Crippen molar-refractivity contribution in [1.82, 2.24) is 10.3 Å². The molecule has 0 aliphatic heterocycles. The molecule has 2 aromatic rings. The lowest BCUT2D eigenvalue weighted by Crippen LogP contribution is -2.18. The van der Waals surface area contributed by atoms with E-state index in [1.54, 1.807) is 0 Å². The fourth-order valence-corrected chi connectivity index (χ4v) is 1.83. The van der Waals surface area contributed by atoms with E-state index in [1.165, 1.54) is 11.1 Å². The zero-order valence-corrected chi connectivity index (χ0v) is 11.4. The molecular weight excluding hydrogens is 224 g/mol.